The summed E-state index contributed by atoms with van der Waals surface area (Å²) < 4.78 is 0. The minimum atomic E-state index is 0.130. The lowest BCUT2D eigenvalue weighted by Crippen LogP contribution is -2.41. The Balaban J connectivity index is 1.92. The first-order chi connectivity index (χ1) is 11.5. The summed E-state index contributed by atoms with van der Waals surface area (Å²) in [6.45, 7) is 3.26. The van der Waals surface area contributed by atoms with Gasteiger partial charge in [-0.05, 0) is 26.7 Å². The Morgan fingerprint density at radius 2 is 1.83 bits per heavy atom. The number of aromatic amines is 1. The smallest absolute Gasteiger partial charge is 0.237 e. The van der Waals surface area contributed by atoms with Crippen molar-refractivity contribution >= 4 is 5.91 Å². The van der Waals surface area contributed by atoms with Crippen LogP contribution in [0.15, 0.2) is 42.9 Å². The van der Waals surface area contributed by atoms with Crippen molar-refractivity contribution in [2.24, 2.45) is 0 Å². The van der Waals surface area contributed by atoms with Gasteiger partial charge in [0.05, 0.1) is 25.1 Å². The lowest BCUT2D eigenvalue weighted by molar-refractivity contribution is -0.133. The highest BCUT2D eigenvalue weighted by atomic mass is 16.2. The molecule has 2 aromatic rings. The van der Waals surface area contributed by atoms with Crippen molar-refractivity contribution in [3.05, 3.63) is 54.1 Å². The number of H-pyrrole nitrogens is 1. The Morgan fingerprint density at radius 1 is 1.08 bits per heavy atom. The maximum absolute atomic E-state index is 12.7. The van der Waals surface area contributed by atoms with Gasteiger partial charge in [-0.25, -0.2) is 4.98 Å². The summed E-state index contributed by atoms with van der Waals surface area (Å²) >= 11 is 0. The average Bonchev–Trinajstić information content (AvgIpc) is 3.05. The second kappa shape index (κ2) is 9.20. The molecule has 0 saturated carbocycles. The van der Waals surface area contributed by atoms with Crippen LogP contribution < -0.4 is 0 Å². The van der Waals surface area contributed by atoms with Crippen LogP contribution in [0.5, 0.6) is 0 Å². The number of nitrogens with one attached hydrogen (secondary N) is 1. The SMILES string of the molecule is CN(C)CCN(Cc1cnc[nH]1)C(=O)CN(C)Cc1ccccc1. The zero-order valence-corrected chi connectivity index (χ0v) is 14.8. The van der Waals surface area contributed by atoms with Crippen molar-refractivity contribution < 1.29 is 4.79 Å². The van der Waals surface area contributed by atoms with Gasteiger partial charge in [-0.1, -0.05) is 30.3 Å². The second-order valence-corrected chi connectivity index (χ2v) is 6.35. The van der Waals surface area contributed by atoms with Crippen LogP contribution in [-0.2, 0) is 17.9 Å². The molecule has 1 heterocycles. The fraction of sp³-hybridized carbons (Fsp3) is 0.444. The van der Waals surface area contributed by atoms with Gasteiger partial charge < -0.3 is 14.8 Å². The molecule has 0 fully saturated rings. The minimum Gasteiger partial charge on any atom is -0.347 e. The van der Waals surface area contributed by atoms with Crippen LogP contribution in [0.2, 0.25) is 0 Å². The molecule has 0 aliphatic heterocycles. The topological polar surface area (TPSA) is 55.5 Å². The van der Waals surface area contributed by atoms with Gasteiger partial charge in [0.1, 0.15) is 0 Å². The molecule has 0 aliphatic carbocycles. The normalized spacial score (nSPS) is 11.2. The van der Waals surface area contributed by atoms with Crippen LogP contribution in [0.3, 0.4) is 0 Å². The van der Waals surface area contributed by atoms with Gasteiger partial charge in [0.15, 0.2) is 0 Å². The third-order valence-electron chi connectivity index (χ3n) is 3.79. The molecule has 6 nitrogen and oxygen atoms in total. The van der Waals surface area contributed by atoms with Crippen molar-refractivity contribution in [1.82, 2.24) is 24.7 Å². The summed E-state index contributed by atoms with van der Waals surface area (Å²) in [5.74, 6) is 0.130. The van der Waals surface area contributed by atoms with E-state index in [4.69, 9.17) is 0 Å². The second-order valence-electron chi connectivity index (χ2n) is 6.35. The summed E-state index contributed by atoms with van der Waals surface area (Å²) in [4.78, 5) is 25.8. The van der Waals surface area contributed by atoms with Crippen molar-refractivity contribution in [3.63, 3.8) is 0 Å². The molecule has 0 atom stereocenters. The Morgan fingerprint density at radius 3 is 2.46 bits per heavy atom. The van der Waals surface area contributed by atoms with E-state index < -0.39 is 0 Å². The molecule has 0 saturated heterocycles. The van der Waals surface area contributed by atoms with E-state index in [0.717, 1.165) is 18.8 Å². The molecule has 0 bridgehead atoms. The molecule has 24 heavy (non-hydrogen) atoms. The van der Waals surface area contributed by atoms with Gasteiger partial charge in [0, 0.05) is 25.8 Å². The van der Waals surface area contributed by atoms with Crippen LogP contribution in [0.4, 0.5) is 0 Å². The van der Waals surface area contributed by atoms with E-state index in [1.165, 1.54) is 5.56 Å². The van der Waals surface area contributed by atoms with Gasteiger partial charge in [-0.15, -0.1) is 0 Å². The van der Waals surface area contributed by atoms with Crippen LogP contribution in [0.25, 0.3) is 0 Å². The maximum Gasteiger partial charge on any atom is 0.237 e. The van der Waals surface area contributed by atoms with Crippen molar-refractivity contribution in [2.75, 3.05) is 40.8 Å². The predicted octanol–water partition coefficient (Wildman–Crippen LogP) is 1.43. The van der Waals surface area contributed by atoms with E-state index in [1.54, 1.807) is 12.5 Å². The highest BCUT2D eigenvalue weighted by Crippen LogP contribution is 2.05. The average molecular weight is 329 g/mol. The number of rotatable bonds is 9. The van der Waals surface area contributed by atoms with Crippen molar-refractivity contribution in [2.45, 2.75) is 13.1 Å². The van der Waals surface area contributed by atoms with E-state index in [0.29, 0.717) is 19.6 Å². The number of likely N-dealkylation sites (N-methyl/N-ethyl adjacent to an activating group) is 2. The van der Waals surface area contributed by atoms with Crippen LogP contribution >= 0.6 is 0 Å². The summed E-state index contributed by atoms with van der Waals surface area (Å²) in [5.41, 5.74) is 2.16. The van der Waals surface area contributed by atoms with E-state index >= 15 is 0 Å². The molecule has 6 heteroatoms. The number of hydrogen-bond donors (Lipinski definition) is 1. The molecule has 0 radical (unpaired) electrons. The highest BCUT2D eigenvalue weighted by molar-refractivity contribution is 5.78. The summed E-state index contributed by atoms with van der Waals surface area (Å²) in [7, 11) is 6.01. The first-order valence-corrected chi connectivity index (χ1v) is 8.17. The zero-order valence-electron chi connectivity index (χ0n) is 14.8. The molecule has 130 valence electrons. The molecule has 2 rings (SSSR count). The standard InChI is InChI=1S/C18H27N5O/c1-21(2)9-10-23(13-17-11-19-15-20-17)18(24)14-22(3)12-16-7-5-4-6-8-16/h4-8,11,15H,9-10,12-14H2,1-3H3,(H,19,20). The quantitative estimate of drug-likeness (QED) is 0.756. The first kappa shape index (κ1) is 18.2. The van der Waals surface area contributed by atoms with Crippen LogP contribution in [0, 0.1) is 0 Å². The number of benzene rings is 1. The van der Waals surface area contributed by atoms with Gasteiger partial charge in [-0.3, -0.25) is 9.69 Å². The number of imidazole rings is 1. The van der Waals surface area contributed by atoms with E-state index in [-0.39, 0.29) is 5.91 Å². The number of hydrogen-bond acceptors (Lipinski definition) is 4. The summed E-state index contributed by atoms with van der Waals surface area (Å²) in [6.07, 6.45) is 3.41. The fourth-order valence-electron chi connectivity index (χ4n) is 2.47. The van der Waals surface area contributed by atoms with Crippen molar-refractivity contribution in [3.8, 4) is 0 Å². The van der Waals surface area contributed by atoms with Crippen LogP contribution in [0.1, 0.15) is 11.3 Å². The molecule has 0 aliphatic rings. The van der Waals surface area contributed by atoms with Crippen LogP contribution in [-0.4, -0.2) is 71.4 Å². The Hall–Kier alpha value is -2.18. The summed E-state index contributed by atoms with van der Waals surface area (Å²) in [6, 6.07) is 10.2. The lowest BCUT2D eigenvalue weighted by Gasteiger charge is -2.26. The number of amides is 1. The number of aromatic nitrogens is 2. The zero-order chi connectivity index (χ0) is 17.4. The van der Waals surface area contributed by atoms with Crippen molar-refractivity contribution in [1.29, 1.82) is 0 Å². The Bertz CT molecular complexity index is 597. The minimum absolute atomic E-state index is 0.130. The molecular formula is C18H27N5O. The third-order valence-corrected chi connectivity index (χ3v) is 3.79. The Labute approximate surface area is 144 Å². The number of carbonyl (C=O) groups excluding carboxylic acids is 1. The Kier molecular flexibility index (Phi) is 6.96. The van der Waals surface area contributed by atoms with Gasteiger partial charge in [0.2, 0.25) is 5.91 Å². The molecule has 1 amide bonds. The van der Waals surface area contributed by atoms with Gasteiger partial charge in [0.25, 0.3) is 0 Å². The van der Waals surface area contributed by atoms with Gasteiger partial charge in [-0.2, -0.15) is 0 Å². The predicted molar refractivity (Wildman–Crippen MR) is 95.3 cm³/mol. The fourth-order valence-corrected chi connectivity index (χ4v) is 2.47. The van der Waals surface area contributed by atoms with Gasteiger partial charge >= 0.3 is 0 Å². The molecule has 1 aromatic heterocycles. The molecule has 1 N–H and O–H groups in total. The molecular weight excluding hydrogens is 302 g/mol. The molecule has 0 unspecified atom stereocenters. The maximum atomic E-state index is 12.7. The van der Waals surface area contributed by atoms with E-state index in [9.17, 15) is 4.79 Å². The van der Waals surface area contributed by atoms with E-state index in [2.05, 4.69) is 27.0 Å². The third kappa shape index (κ3) is 6.14. The first-order valence-electron chi connectivity index (χ1n) is 8.17. The monoisotopic (exact) mass is 329 g/mol. The number of carbonyl (C=O) groups is 1. The lowest BCUT2D eigenvalue weighted by atomic mass is 10.2. The highest BCUT2D eigenvalue weighted by Gasteiger charge is 2.17. The summed E-state index contributed by atoms with van der Waals surface area (Å²) in [5, 5.41) is 0. The molecule has 0 spiro atoms. The largest absolute Gasteiger partial charge is 0.347 e. The number of nitrogens with zero attached hydrogens (tertiary/aromatic N) is 4. The molecule has 1 aromatic carbocycles. The van der Waals surface area contributed by atoms with E-state index in [1.807, 2.05) is 49.1 Å².